The number of nitrogens with two attached hydrogens (primary N) is 1. The quantitative estimate of drug-likeness (QED) is 0.932. The highest BCUT2D eigenvalue weighted by Gasteiger charge is 2.37. The molecule has 1 aromatic heterocycles. The van der Waals surface area contributed by atoms with Gasteiger partial charge in [-0.1, -0.05) is 6.07 Å². The summed E-state index contributed by atoms with van der Waals surface area (Å²) < 4.78 is 12.7. The van der Waals surface area contributed by atoms with E-state index in [2.05, 4.69) is 0 Å². The van der Waals surface area contributed by atoms with Crippen LogP contribution in [0.15, 0.2) is 27.4 Å². The Morgan fingerprint density at radius 3 is 2.95 bits per heavy atom. The van der Waals surface area contributed by atoms with E-state index in [1.807, 2.05) is 32.0 Å². The van der Waals surface area contributed by atoms with Crippen molar-refractivity contribution >= 4 is 11.1 Å². The van der Waals surface area contributed by atoms with Gasteiger partial charge >= 0.3 is 5.76 Å². The molecule has 0 radical (unpaired) electrons. The van der Waals surface area contributed by atoms with E-state index < -0.39 is 0 Å². The number of aryl methyl sites for hydroxylation is 1. The van der Waals surface area contributed by atoms with Crippen LogP contribution in [0.5, 0.6) is 0 Å². The number of hydrogen-bond acceptors (Lipinski definition) is 4. The minimum atomic E-state index is -0.332. The SMILES string of the molecule is CCn1c(=O)oc2cc(C(N)C3(C)CCCO3)ccc21. The molecule has 1 saturated heterocycles. The van der Waals surface area contributed by atoms with Crippen LogP contribution in [0, 0.1) is 0 Å². The van der Waals surface area contributed by atoms with E-state index >= 15 is 0 Å². The first-order valence-corrected chi connectivity index (χ1v) is 7.08. The van der Waals surface area contributed by atoms with Crippen LogP contribution in [0.4, 0.5) is 0 Å². The Bertz CT molecular complexity index is 680. The molecule has 108 valence electrons. The van der Waals surface area contributed by atoms with Gasteiger partial charge in [-0.2, -0.15) is 0 Å². The van der Waals surface area contributed by atoms with Gasteiger partial charge in [-0.15, -0.1) is 0 Å². The van der Waals surface area contributed by atoms with Crippen LogP contribution in [0.3, 0.4) is 0 Å². The minimum absolute atomic E-state index is 0.218. The lowest BCUT2D eigenvalue weighted by Crippen LogP contribution is -2.37. The average Bonchev–Trinajstić information content (AvgIpc) is 3.00. The van der Waals surface area contributed by atoms with E-state index in [0.29, 0.717) is 12.1 Å². The molecule has 1 aliphatic heterocycles. The van der Waals surface area contributed by atoms with Gasteiger partial charge in [0.15, 0.2) is 5.58 Å². The topological polar surface area (TPSA) is 70.4 Å². The summed E-state index contributed by atoms with van der Waals surface area (Å²) >= 11 is 0. The second kappa shape index (κ2) is 4.75. The Morgan fingerprint density at radius 2 is 2.30 bits per heavy atom. The molecule has 1 fully saturated rings. The molecule has 0 amide bonds. The summed E-state index contributed by atoms with van der Waals surface area (Å²) in [6, 6.07) is 5.50. The molecule has 2 atom stereocenters. The molecule has 3 rings (SSSR count). The molecule has 2 heterocycles. The highest BCUT2D eigenvalue weighted by atomic mass is 16.5. The Balaban J connectivity index is 2.03. The summed E-state index contributed by atoms with van der Waals surface area (Å²) in [4.78, 5) is 11.7. The zero-order valence-electron chi connectivity index (χ0n) is 11.9. The van der Waals surface area contributed by atoms with Crippen molar-refractivity contribution in [1.82, 2.24) is 4.57 Å². The van der Waals surface area contributed by atoms with Gasteiger partial charge in [0.05, 0.1) is 17.2 Å². The van der Waals surface area contributed by atoms with Gasteiger partial charge in [0.25, 0.3) is 0 Å². The third-order valence-corrected chi connectivity index (χ3v) is 4.27. The fourth-order valence-electron chi connectivity index (χ4n) is 2.97. The van der Waals surface area contributed by atoms with Gasteiger partial charge in [-0.05, 0) is 44.4 Å². The number of oxazole rings is 1. The fourth-order valence-corrected chi connectivity index (χ4v) is 2.97. The fraction of sp³-hybridized carbons (Fsp3) is 0.533. The van der Waals surface area contributed by atoms with Crippen LogP contribution in [-0.4, -0.2) is 16.8 Å². The molecular weight excluding hydrogens is 256 g/mol. The monoisotopic (exact) mass is 276 g/mol. The van der Waals surface area contributed by atoms with Gasteiger partial charge in [-0.3, -0.25) is 4.57 Å². The smallest absolute Gasteiger partial charge is 0.408 e. The number of benzene rings is 1. The highest BCUT2D eigenvalue weighted by molar-refractivity contribution is 5.74. The number of ether oxygens (including phenoxy) is 1. The van der Waals surface area contributed by atoms with E-state index in [9.17, 15) is 4.79 Å². The van der Waals surface area contributed by atoms with Crippen molar-refractivity contribution in [3.8, 4) is 0 Å². The van der Waals surface area contributed by atoms with Crippen molar-refractivity contribution in [2.75, 3.05) is 6.61 Å². The first-order chi connectivity index (χ1) is 9.55. The number of aromatic nitrogens is 1. The highest BCUT2D eigenvalue weighted by Crippen LogP contribution is 2.36. The molecule has 1 aliphatic rings. The molecule has 2 unspecified atom stereocenters. The molecule has 5 heteroatoms. The lowest BCUT2D eigenvalue weighted by Gasteiger charge is -2.30. The van der Waals surface area contributed by atoms with Gasteiger partial charge < -0.3 is 14.9 Å². The number of hydrogen-bond donors (Lipinski definition) is 1. The zero-order valence-corrected chi connectivity index (χ0v) is 11.9. The van der Waals surface area contributed by atoms with Crippen molar-refractivity contribution in [2.24, 2.45) is 5.73 Å². The largest absolute Gasteiger partial charge is 0.419 e. The first-order valence-electron chi connectivity index (χ1n) is 7.08. The summed E-state index contributed by atoms with van der Waals surface area (Å²) in [5.41, 5.74) is 8.36. The molecule has 2 aromatic rings. The van der Waals surface area contributed by atoms with Crippen LogP contribution < -0.4 is 11.5 Å². The number of nitrogens with zero attached hydrogens (tertiary/aromatic N) is 1. The third-order valence-electron chi connectivity index (χ3n) is 4.27. The predicted molar refractivity (Wildman–Crippen MR) is 76.7 cm³/mol. The van der Waals surface area contributed by atoms with E-state index in [1.165, 1.54) is 0 Å². The van der Waals surface area contributed by atoms with E-state index in [0.717, 1.165) is 30.5 Å². The van der Waals surface area contributed by atoms with Gasteiger partial charge in [0.1, 0.15) is 0 Å². The van der Waals surface area contributed by atoms with Crippen LogP contribution in [0.1, 0.15) is 38.3 Å². The molecule has 0 aliphatic carbocycles. The van der Waals surface area contributed by atoms with Crippen LogP contribution >= 0.6 is 0 Å². The molecule has 0 saturated carbocycles. The molecule has 5 nitrogen and oxygen atoms in total. The lowest BCUT2D eigenvalue weighted by molar-refractivity contribution is -0.00171. The Morgan fingerprint density at radius 1 is 1.50 bits per heavy atom. The maximum Gasteiger partial charge on any atom is 0.419 e. The standard InChI is InChI=1S/C15H20N2O3/c1-3-17-11-6-5-10(9-12(11)20-14(17)18)13(16)15(2)7-4-8-19-15/h5-6,9,13H,3-4,7-8,16H2,1-2H3. The second-order valence-electron chi connectivity index (χ2n) is 5.58. The molecule has 0 spiro atoms. The first kappa shape index (κ1) is 13.4. The second-order valence-corrected chi connectivity index (χ2v) is 5.58. The van der Waals surface area contributed by atoms with Crippen LogP contribution in [-0.2, 0) is 11.3 Å². The Kier molecular flexibility index (Phi) is 3.18. The Labute approximate surface area is 117 Å². The number of rotatable bonds is 3. The maximum absolute atomic E-state index is 11.7. The summed E-state index contributed by atoms with van der Waals surface area (Å²) in [6.07, 6.45) is 1.99. The van der Waals surface area contributed by atoms with E-state index in [-0.39, 0.29) is 17.4 Å². The summed E-state index contributed by atoms with van der Waals surface area (Å²) in [5.74, 6) is -0.323. The van der Waals surface area contributed by atoms with Crippen molar-refractivity contribution in [1.29, 1.82) is 0 Å². The number of fused-ring (bicyclic) bond motifs is 1. The molecule has 2 N–H and O–H groups in total. The summed E-state index contributed by atoms with van der Waals surface area (Å²) in [7, 11) is 0. The van der Waals surface area contributed by atoms with Crippen LogP contribution in [0.2, 0.25) is 0 Å². The minimum Gasteiger partial charge on any atom is -0.408 e. The van der Waals surface area contributed by atoms with E-state index in [1.54, 1.807) is 4.57 Å². The van der Waals surface area contributed by atoms with Crippen molar-refractivity contribution in [3.05, 3.63) is 34.3 Å². The summed E-state index contributed by atoms with van der Waals surface area (Å²) in [6.45, 7) is 5.32. The zero-order chi connectivity index (χ0) is 14.3. The predicted octanol–water partition coefficient (Wildman–Crippen LogP) is 2.18. The van der Waals surface area contributed by atoms with Crippen molar-refractivity contribution < 1.29 is 9.15 Å². The molecule has 0 bridgehead atoms. The van der Waals surface area contributed by atoms with Gasteiger partial charge in [-0.25, -0.2) is 4.79 Å². The van der Waals surface area contributed by atoms with Crippen molar-refractivity contribution in [3.63, 3.8) is 0 Å². The normalized spacial score (nSPS) is 24.4. The van der Waals surface area contributed by atoms with Gasteiger partial charge in [0.2, 0.25) is 0 Å². The van der Waals surface area contributed by atoms with E-state index in [4.69, 9.17) is 14.9 Å². The summed E-state index contributed by atoms with van der Waals surface area (Å²) in [5, 5.41) is 0. The third kappa shape index (κ3) is 1.98. The van der Waals surface area contributed by atoms with Crippen LogP contribution in [0.25, 0.3) is 11.1 Å². The average molecular weight is 276 g/mol. The molecular formula is C15H20N2O3. The van der Waals surface area contributed by atoms with Gasteiger partial charge in [0, 0.05) is 13.2 Å². The molecule has 1 aromatic carbocycles. The maximum atomic E-state index is 11.7. The Hall–Kier alpha value is -1.59. The molecule has 20 heavy (non-hydrogen) atoms. The lowest BCUT2D eigenvalue weighted by atomic mass is 9.88. The van der Waals surface area contributed by atoms with Crippen molar-refractivity contribution in [2.45, 2.75) is 44.9 Å².